The Morgan fingerprint density at radius 2 is 1.83 bits per heavy atom. The van der Waals surface area contributed by atoms with Gasteiger partial charge in [0.15, 0.2) is 0 Å². The Bertz CT molecular complexity index is 799. The van der Waals surface area contributed by atoms with Crippen molar-refractivity contribution in [1.82, 2.24) is 10.3 Å². The van der Waals surface area contributed by atoms with Crippen molar-refractivity contribution in [3.05, 3.63) is 70.5 Å². The highest BCUT2D eigenvalue weighted by molar-refractivity contribution is 7.09. The minimum absolute atomic E-state index is 0.228. The third-order valence-corrected chi connectivity index (χ3v) is 4.14. The largest absolute Gasteiger partial charge is 0.334 e. The summed E-state index contributed by atoms with van der Waals surface area (Å²) in [6, 6.07) is 17.3. The molecule has 0 atom stereocenters. The van der Waals surface area contributed by atoms with Gasteiger partial charge in [-0.05, 0) is 18.6 Å². The highest BCUT2D eigenvalue weighted by Gasteiger charge is 2.10. The molecule has 0 fully saturated rings. The molecule has 2 amide bonds. The zero-order valence-corrected chi connectivity index (χ0v) is 13.6. The number of hydrogen-bond donors (Lipinski definition) is 2. The number of nitrogens with zero attached hydrogens (tertiary/aromatic N) is 1. The lowest BCUT2D eigenvalue weighted by Gasteiger charge is -2.11. The van der Waals surface area contributed by atoms with Gasteiger partial charge in [0.1, 0.15) is 0 Å². The molecular formula is C18H17N3OS. The number of rotatable bonds is 4. The second-order valence-corrected chi connectivity index (χ2v) is 6.15. The van der Waals surface area contributed by atoms with Crippen molar-refractivity contribution in [2.24, 2.45) is 0 Å². The third-order valence-electron chi connectivity index (χ3n) is 3.37. The summed E-state index contributed by atoms with van der Waals surface area (Å²) in [5, 5.41) is 8.77. The number of aromatic nitrogens is 1. The van der Waals surface area contributed by atoms with Crippen LogP contribution >= 0.6 is 11.3 Å². The lowest BCUT2D eigenvalue weighted by Crippen LogP contribution is -2.28. The van der Waals surface area contributed by atoms with Crippen LogP contribution in [-0.2, 0) is 6.54 Å². The van der Waals surface area contributed by atoms with Crippen molar-refractivity contribution in [1.29, 1.82) is 0 Å². The average Bonchev–Trinajstić information content (AvgIpc) is 3.01. The Balaban J connectivity index is 1.69. The van der Waals surface area contributed by atoms with Crippen LogP contribution in [0.15, 0.2) is 60.0 Å². The van der Waals surface area contributed by atoms with E-state index in [0.717, 1.165) is 27.5 Å². The number of aryl methyl sites for hydroxylation is 1. The van der Waals surface area contributed by atoms with Crippen molar-refractivity contribution in [3.8, 4) is 11.3 Å². The molecule has 0 saturated heterocycles. The molecule has 2 aromatic carbocycles. The Kier molecular flexibility index (Phi) is 4.68. The first-order valence-corrected chi connectivity index (χ1v) is 8.20. The fourth-order valence-corrected chi connectivity index (χ4v) is 2.86. The van der Waals surface area contributed by atoms with E-state index in [0.29, 0.717) is 6.54 Å². The van der Waals surface area contributed by atoms with Crippen molar-refractivity contribution in [3.63, 3.8) is 0 Å². The van der Waals surface area contributed by atoms with Gasteiger partial charge in [0.2, 0.25) is 0 Å². The highest BCUT2D eigenvalue weighted by Crippen LogP contribution is 2.28. The van der Waals surface area contributed by atoms with E-state index in [1.54, 1.807) is 11.3 Å². The summed E-state index contributed by atoms with van der Waals surface area (Å²) in [4.78, 5) is 16.6. The number of anilines is 1. The Morgan fingerprint density at radius 3 is 2.57 bits per heavy atom. The number of nitrogens with one attached hydrogen (secondary N) is 2. The van der Waals surface area contributed by atoms with E-state index in [2.05, 4.69) is 15.6 Å². The fourth-order valence-electron chi connectivity index (χ4n) is 2.25. The van der Waals surface area contributed by atoms with Crippen LogP contribution < -0.4 is 10.6 Å². The molecule has 1 aromatic heterocycles. The molecule has 0 bridgehead atoms. The number of carbonyl (C=O) groups excluding carboxylic acids is 1. The van der Waals surface area contributed by atoms with Crippen LogP contribution in [-0.4, -0.2) is 11.0 Å². The van der Waals surface area contributed by atoms with Crippen LogP contribution in [0.1, 0.15) is 10.6 Å². The summed E-state index contributed by atoms with van der Waals surface area (Å²) in [6.45, 7) is 2.46. The van der Waals surface area contributed by atoms with Gasteiger partial charge < -0.3 is 10.6 Å². The van der Waals surface area contributed by atoms with Crippen LogP contribution in [0.4, 0.5) is 10.5 Å². The molecule has 4 nitrogen and oxygen atoms in total. The van der Waals surface area contributed by atoms with Gasteiger partial charge in [0, 0.05) is 17.5 Å². The maximum absolute atomic E-state index is 12.1. The molecule has 3 rings (SSSR count). The molecule has 0 aliphatic heterocycles. The zero-order valence-electron chi connectivity index (χ0n) is 12.7. The van der Waals surface area contributed by atoms with Gasteiger partial charge in [-0.1, -0.05) is 48.5 Å². The maximum Gasteiger partial charge on any atom is 0.319 e. The first-order valence-electron chi connectivity index (χ1n) is 7.32. The molecule has 0 unspecified atom stereocenters. The zero-order chi connectivity index (χ0) is 16.1. The summed E-state index contributed by atoms with van der Waals surface area (Å²) in [5.74, 6) is 0. The van der Waals surface area contributed by atoms with Gasteiger partial charge in [-0.15, -0.1) is 11.3 Å². The predicted octanol–water partition coefficient (Wildman–Crippen LogP) is 4.44. The molecule has 0 saturated carbocycles. The van der Waals surface area contributed by atoms with Crippen LogP contribution in [0.2, 0.25) is 0 Å². The minimum atomic E-state index is -0.228. The van der Waals surface area contributed by atoms with Crippen LogP contribution in [0.5, 0.6) is 0 Å². The van der Waals surface area contributed by atoms with E-state index in [-0.39, 0.29) is 6.03 Å². The topological polar surface area (TPSA) is 54.0 Å². The Labute approximate surface area is 139 Å². The second kappa shape index (κ2) is 7.07. The van der Waals surface area contributed by atoms with E-state index in [1.807, 2.05) is 66.9 Å². The van der Waals surface area contributed by atoms with Gasteiger partial charge in [0.25, 0.3) is 0 Å². The van der Waals surface area contributed by atoms with Crippen molar-refractivity contribution in [2.75, 3.05) is 5.32 Å². The summed E-state index contributed by atoms with van der Waals surface area (Å²) < 4.78 is 0. The number of hydrogen-bond acceptors (Lipinski definition) is 3. The first kappa shape index (κ1) is 15.2. The van der Waals surface area contributed by atoms with E-state index in [9.17, 15) is 4.79 Å². The number of thiazole rings is 1. The smallest absolute Gasteiger partial charge is 0.319 e. The number of urea groups is 1. The van der Waals surface area contributed by atoms with Gasteiger partial charge >= 0.3 is 6.03 Å². The van der Waals surface area contributed by atoms with Gasteiger partial charge in [-0.25, -0.2) is 9.78 Å². The lowest BCUT2D eigenvalue weighted by atomic mass is 10.1. The van der Waals surface area contributed by atoms with E-state index >= 15 is 0 Å². The monoisotopic (exact) mass is 323 g/mol. The normalized spacial score (nSPS) is 10.3. The highest BCUT2D eigenvalue weighted by atomic mass is 32.1. The molecular weight excluding hydrogens is 306 g/mol. The molecule has 23 heavy (non-hydrogen) atoms. The molecule has 0 aliphatic rings. The summed E-state index contributed by atoms with van der Waals surface area (Å²) in [6.07, 6.45) is 0. The van der Waals surface area contributed by atoms with Gasteiger partial charge in [-0.3, -0.25) is 0 Å². The number of carbonyl (C=O) groups is 1. The van der Waals surface area contributed by atoms with Gasteiger partial charge in [0.05, 0.1) is 16.4 Å². The molecule has 3 aromatic rings. The Morgan fingerprint density at radius 1 is 1.09 bits per heavy atom. The molecule has 0 spiro atoms. The van der Waals surface area contributed by atoms with Crippen molar-refractivity contribution >= 4 is 23.1 Å². The lowest BCUT2D eigenvalue weighted by molar-refractivity contribution is 0.252. The molecule has 2 N–H and O–H groups in total. The molecule has 0 radical (unpaired) electrons. The standard InChI is InChI=1S/C18H17N3OS/c1-13-20-17(12-23-13)15-9-5-6-10-16(15)21-18(22)19-11-14-7-3-2-4-8-14/h2-10,12H,11H2,1H3,(H2,19,21,22). The third kappa shape index (κ3) is 3.96. The average molecular weight is 323 g/mol. The van der Waals surface area contributed by atoms with E-state index in [1.165, 1.54) is 0 Å². The van der Waals surface area contributed by atoms with Gasteiger partial charge in [-0.2, -0.15) is 0 Å². The molecule has 116 valence electrons. The quantitative estimate of drug-likeness (QED) is 0.746. The summed E-state index contributed by atoms with van der Waals surface area (Å²) >= 11 is 1.59. The second-order valence-electron chi connectivity index (χ2n) is 5.09. The molecule has 0 aliphatic carbocycles. The number of para-hydroxylation sites is 1. The predicted molar refractivity (Wildman–Crippen MR) is 94.6 cm³/mol. The van der Waals surface area contributed by atoms with E-state index in [4.69, 9.17) is 0 Å². The Hall–Kier alpha value is -2.66. The fraction of sp³-hybridized carbons (Fsp3) is 0.111. The van der Waals surface area contributed by atoms with Crippen LogP contribution in [0.3, 0.4) is 0 Å². The van der Waals surface area contributed by atoms with Crippen molar-refractivity contribution in [2.45, 2.75) is 13.5 Å². The van der Waals surface area contributed by atoms with Crippen molar-refractivity contribution < 1.29 is 4.79 Å². The molecule has 1 heterocycles. The number of benzene rings is 2. The van der Waals surface area contributed by atoms with E-state index < -0.39 is 0 Å². The molecule has 5 heteroatoms. The van der Waals surface area contributed by atoms with Crippen LogP contribution in [0.25, 0.3) is 11.3 Å². The summed E-state index contributed by atoms with van der Waals surface area (Å²) in [5.41, 5.74) is 3.62. The van der Waals surface area contributed by atoms with Crippen LogP contribution in [0, 0.1) is 6.92 Å². The maximum atomic E-state index is 12.1. The SMILES string of the molecule is Cc1nc(-c2ccccc2NC(=O)NCc2ccccc2)cs1. The first-order chi connectivity index (χ1) is 11.2. The summed E-state index contributed by atoms with van der Waals surface area (Å²) in [7, 11) is 0. The number of amides is 2. The minimum Gasteiger partial charge on any atom is -0.334 e.